The van der Waals surface area contributed by atoms with Gasteiger partial charge in [0.2, 0.25) is 0 Å². The summed E-state index contributed by atoms with van der Waals surface area (Å²) >= 11 is 12.2. The van der Waals surface area contributed by atoms with Crippen molar-refractivity contribution in [2.45, 2.75) is 26.7 Å². The number of rotatable bonds is 4. The van der Waals surface area contributed by atoms with Crippen molar-refractivity contribution in [2.24, 2.45) is 0 Å². The summed E-state index contributed by atoms with van der Waals surface area (Å²) in [5.74, 6) is 0.738. The molecule has 3 nitrogen and oxygen atoms in total. The van der Waals surface area contributed by atoms with Crippen LogP contribution in [0.1, 0.15) is 24.5 Å². The summed E-state index contributed by atoms with van der Waals surface area (Å²) < 4.78 is 0. The number of hydrogen-bond acceptors (Lipinski definition) is 3. The Kier molecular flexibility index (Phi) is 4.61. The molecule has 0 amide bonds. The second-order valence-electron chi connectivity index (χ2n) is 4.33. The number of anilines is 2. The zero-order valence-electron chi connectivity index (χ0n) is 10.9. The number of aromatic nitrogens is 2. The number of benzene rings is 1. The normalized spacial score (nSPS) is 10.5. The van der Waals surface area contributed by atoms with Gasteiger partial charge in [0.05, 0.1) is 0 Å². The van der Waals surface area contributed by atoms with E-state index in [0.717, 1.165) is 40.5 Å². The molecule has 2 aromatic rings. The molecule has 100 valence electrons. The summed E-state index contributed by atoms with van der Waals surface area (Å²) in [5, 5.41) is 4.47. The molecule has 1 aromatic heterocycles. The van der Waals surface area contributed by atoms with E-state index in [-0.39, 0.29) is 0 Å². The monoisotopic (exact) mass is 295 g/mol. The Morgan fingerprint density at radius 3 is 2.68 bits per heavy atom. The van der Waals surface area contributed by atoms with E-state index in [2.05, 4.69) is 22.2 Å². The highest BCUT2D eigenvalue weighted by molar-refractivity contribution is 6.31. The minimum absolute atomic E-state index is 0.498. The first-order valence-electron chi connectivity index (χ1n) is 6.14. The summed E-state index contributed by atoms with van der Waals surface area (Å²) in [6.07, 6.45) is 3.28. The average molecular weight is 296 g/mol. The Morgan fingerprint density at radius 2 is 2.00 bits per heavy atom. The predicted octanol–water partition coefficient (Wildman–Crippen LogP) is 4.79. The summed E-state index contributed by atoms with van der Waals surface area (Å²) in [6.45, 7) is 4.06. The molecule has 0 aliphatic heterocycles. The lowest BCUT2D eigenvalue weighted by Gasteiger charge is -2.12. The highest BCUT2D eigenvalue weighted by atomic mass is 35.5. The van der Waals surface area contributed by atoms with Crippen LogP contribution in [0.15, 0.2) is 24.5 Å². The molecule has 0 unspecified atom stereocenters. The van der Waals surface area contributed by atoms with Gasteiger partial charge in [-0.3, -0.25) is 0 Å². The minimum atomic E-state index is 0.498. The molecule has 2 rings (SSSR count). The van der Waals surface area contributed by atoms with Crippen LogP contribution in [0.5, 0.6) is 0 Å². The van der Waals surface area contributed by atoms with E-state index < -0.39 is 0 Å². The Hall–Kier alpha value is -1.32. The van der Waals surface area contributed by atoms with Crippen LogP contribution >= 0.6 is 23.2 Å². The van der Waals surface area contributed by atoms with Crippen molar-refractivity contribution < 1.29 is 0 Å². The van der Waals surface area contributed by atoms with E-state index >= 15 is 0 Å². The highest BCUT2D eigenvalue weighted by Crippen LogP contribution is 2.27. The van der Waals surface area contributed by atoms with Crippen molar-refractivity contribution in [1.82, 2.24) is 9.97 Å². The summed E-state index contributed by atoms with van der Waals surface area (Å²) in [5.41, 5.74) is 2.87. The smallest absolute Gasteiger partial charge is 0.138 e. The first-order valence-corrected chi connectivity index (χ1v) is 6.90. The molecule has 0 aliphatic rings. The van der Waals surface area contributed by atoms with Gasteiger partial charge in [0.15, 0.2) is 0 Å². The summed E-state index contributed by atoms with van der Waals surface area (Å²) in [6, 6.07) is 5.81. The van der Waals surface area contributed by atoms with Crippen LogP contribution in [0.25, 0.3) is 0 Å². The second kappa shape index (κ2) is 6.22. The lowest BCUT2D eigenvalue weighted by Crippen LogP contribution is -2.01. The molecule has 0 atom stereocenters. The fourth-order valence-electron chi connectivity index (χ4n) is 1.78. The molecule has 0 bridgehead atoms. The molecule has 0 radical (unpaired) electrons. The van der Waals surface area contributed by atoms with Crippen LogP contribution in [-0.4, -0.2) is 9.97 Å². The number of halogens is 2. The van der Waals surface area contributed by atoms with Crippen molar-refractivity contribution in [3.63, 3.8) is 0 Å². The molecule has 1 N–H and O–H groups in total. The van der Waals surface area contributed by atoms with E-state index in [1.807, 2.05) is 25.1 Å². The second-order valence-corrected chi connectivity index (χ2v) is 5.10. The topological polar surface area (TPSA) is 37.8 Å². The van der Waals surface area contributed by atoms with Gasteiger partial charge in [-0.05, 0) is 31.0 Å². The van der Waals surface area contributed by atoms with Crippen LogP contribution in [0, 0.1) is 6.92 Å². The zero-order valence-corrected chi connectivity index (χ0v) is 12.4. The third-order valence-corrected chi connectivity index (χ3v) is 3.56. The Labute approximate surface area is 123 Å². The first-order chi connectivity index (χ1) is 9.11. The van der Waals surface area contributed by atoms with Gasteiger partial charge in [-0.15, -0.1) is 0 Å². The lowest BCUT2D eigenvalue weighted by molar-refractivity contribution is 0.904. The third-order valence-electron chi connectivity index (χ3n) is 2.83. The van der Waals surface area contributed by atoms with Crippen molar-refractivity contribution >= 4 is 34.7 Å². The van der Waals surface area contributed by atoms with Crippen LogP contribution in [-0.2, 0) is 6.42 Å². The fourth-order valence-corrected chi connectivity index (χ4v) is 2.19. The molecule has 1 heterocycles. The van der Waals surface area contributed by atoms with Crippen molar-refractivity contribution in [1.29, 1.82) is 0 Å². The molecule has 0 aliphatic carbocycles. The SMILES string of the molecule is CCCc1c(Cl)ncnc1Nc1ccc(C)c(Cl)c1. The van der Waals surface area contributed by atoms with Crippen LogP contribution in [0.3, 0.4) is 0 Å². The molecule has 0 saturated heterocycles. The predicted molar refractivity (Wildman–Crippen MR) is 80.5 cm³/mol. The van der Waals surface area contributed by atoms with Crippen LogP contribution in [0.2, 0.25) is 10.2 Å². The number of nitrogens with one attached hydrogen (secondary N) is 1. The van der Waals surface area contributed by atoms with Gasteiger partial charge in [-0.2, -0.15) is 0 Å². The van der Waals surface area contributed by atoms with E-state index in [9.17, 15) is 0 Å². The molecule has 0 spiro atoms. The third kappa shape index (κ3) is 3.37. The number of aryl methyl sites for hydroxylation is 1. The van der Waals surface area contributed by atoms with Gasteiger partial charge in [0.25, 0.3) is 0 Å². The van der Waals surface area contributed by atoms with Crippen molar-refractivity contribution in [3.8, 4) is 0 Å². The molecular weight excluding hydrogens is 281 g/mol. The Bertz CT molecular complexity index is 585. The Morgan fingerprint density at radius 1 is 1.21 bits per heavy atom. The van der Waals surface area contributed by atoms with Gasteiger partial charge in [-0.25, -0.2) is 9.97 Å². The maximum Gasteiger partial charge on any atom is 0.138 e. The van der Waals surface area contributed by atoms with Gasteiger partial charge < -0.3 is 5.32 Å². The highest BCUT2D eigenvalue weighted by Gasteiger charge is 2.09. The van der Waals surface area contributed by atoms with E-state index in [1.165, 1.54) is 6.33 Å². The van der Waals surface area contributed by atoms with Crippen molar-refractivity contribution in [3.05, 3.63) is 45.8 Å². The molecular formula is C14H15Cl2N3. The maximum absolute atomic E-state index is 6.11. The van der Waals surface area contributed by atoms with Gasteiger partial charge in [0.1, 0.15) is 17.3 Å². The Balaban J connectivity index is 2.32. The maximum atomic E-state index is 6.11. The largest absolute Gasteiger partial charge is 0.340 e. The average Bonchev–Trinajstić information content (AvgIpc) is 2.38. The lowest BCUT2D eigenvalue weighted by atomic mass is 10.1. The molecule has 0 saturated carbocycles. The number of hydrogen-bond donors (Lipinski definition) is 1. The molecule has 5 heteroatoms. The molecule has 1 aromatic carbocycles. The molecule has 0 fully saturated rings. The van der Waals surface area contributed by atoms with E-state index in [1.54, 1.807) is 0 Å². The molecule has 19 heavy (non-hydrogen) atoms. The van der Waals surface area contributed by atoms with E-state index in [0.29, 0.717) is 5.15 Å². The first kappa shape index (κ1) is 14.1. The van der Waals surface area contributed by atoms with E-state index in [4.69, 9.17) is 23.2 Å². The van der Waals surface area contributed by atoms with Gasteiger partial charge in [0, 0.05) is 16.3 Å². The van der Waals surface area contributed by atoms with Crippen molar-refractivity contribution in [2.75, 3.05) is 5.32 Å². The van der Waals surface area contributed by atoms with Gasteiger partial charge in [-0.1, -0.05) is 42.6 Å². The summed E-state index contributed by atoms with van der Waals surface area (Å²) in [4.78, 5) is 8.28. The minimum Gasteiger partial charge on any atom is -0.340 e. The number of nitrogens with zero attached hydrogens (tertiary/aromatic N) is 2. The van der Waals surface area contributed by atoms with Gasteiger partial charge >= 0.3 is 0 Å². The summed E-state index contributed by atoms with van der Waals surface area (Å²) in [7, 11) is 0. The zero-order chi connectivity index (χ0) is 13.8. The van der Waals surface area contributed by atoms with Crippen LogP contribution in [0.4, 0.5) is 11.5 Å². The quantitative estimate of drug-likeness (QED) is 0.824. The standard InChI is InChI=1S/C14H15Cl2N3/c1-3-4-11-13(16)17-8-18-14(11)19-10-6-5-9(2)12(15)7-10/h5-8H,3-4H2,1-2H3,(H,17,18,19). The fraction of sp³-hybridized carbons (Fsp3) is 0.286. The van der Waals surface area contributed by atoms with Crippen LogP contribution < -0.4 is 5.32 Å².